The Kier molecular flexibility index (Phi) is 2.24. The van der Waals surface area contributed by atoms with Gasteiger partial charge in [-0.15, -0.1) is 10.2 Å². The number of hydrogen-bond acceptors (Lipinski definition) is 4. The molecule has 5 heteroatoms. The number of aromatic amines is 1. The van der Waals surface area contributed by atoms with Crippen LogP contribution in [0.3, 0.4) is 0 Å². The van der Waals surface area contributed by atoms with Gasteiger partial charge in [0.25, 0.3) is 0 Å². The first-order valence-corrected chi connectivity index (χ1v) is 4.33. The standard InChI is InChI=1S/C9H11N5/c1-6-3-2-4-7(5-6)8(10)9-11-13-14-12-9/h2-5,8H,10H2,1H3,(H,11,12,13,14). The second-order valence-corrected chi connectivity index (χ2v) is 3.16. The van der Waals surface area contributed by atoms with Crippen LogP contribution in [0.4, 0.5) is 0 Å². The molecule has 0 radical (unpaired) electrons. The van der Waals surface area contributed by atoms with E-state index in [1.165, 1.54) is 5.56 Å². The van der Waals surface area contributed by atoms with Gasteiger partial charge >= 0.3 is 0 Å². The molecule has 1 aromatic heterocycles. The van der Waals surface area contributed by atoms with Crippen molar-refractivity contribution in [3.8, 4) is 0 Å². The van der Waals surface area contributed by atoms with E-state index in [9.17, 15) is 0 Å². The third-order valence-electron chi connectivity index (χ3n) is 2.04. The molecule has 0 spiro atoms. The average molecular weight is 189 g/mol. The van der Waals surface area contributed by atoms with Crippen LogP contribution in [0.25, 0.3) is 0 Å². The van der Waals surface area contributed by atoms with E-state index in [0.29, 0.717) is 5.82 Å². The minimum absolute atomic E-state index is 0.311. The van der Waals surface area contributed by atoms with Crippen LogP contribution in [0.5, 0.6) is 0 Å². The molecule has 1 atom stereocenters. The van der Waals surface area contributed by atoms with Crippen molar-refractivity contribution in [3.05, 3.63) is 41.2 Å². The Labute approximate surface area is 81.3 Å². The summed E-state index contributed by atoms with van der Waals surface area (Å²) in [5.41, 5.74) is 8.10. The van der Waals surface area contributed by atoms with Crippen LogP contribution in [-0.4, -0.2) is 20.6 Å². The smallest absolute Gasteiger partial charge is 0.195 e. The molecular formula is C9H11N5. The molecule has 0 fully saturated rings. The number of aryl methyl sites for hydroxylation is 1. The summed E-state index contributed by atoms with van der Waals surface area (Å²) in [6.07, 6.45) is 0. The molecule has 72 valence electrons. The predicted octanol–water partition coefficient (Wildman–Crippen LogP) is 0.556. The fraction of sp³-hybridized carbons (Fsp3) is 0.222. The van der Waals surface area contributed by atoms with Gasteiger partial charge in [0.2, 0.25) is 0 Å². The molecule has 1 unspecified atom stereocenters. The Morgan fingerprint density at radius 2 is 2.29 bits per heavy atom. The summed E-state index contributed by atoms with van der Waals surface area (Å²) in [4.78, 5) is 0. The first-order chi connectivity index (χ1) is 6.77. The Balaban J connectivity index is 2.32. The van der Waals surface area contributed by atoms with Crippen molar-refractivity contribution >= 4 is 0 Å². The number of rotatable bonds is 2. The fourth-order valence-electron chi connectivity index (χ4n) is 1.31. The van der Waals surface area contributed by atoms with Gasteiger partial charge in [-0.1, -0.05) is 35.0 Å². The highest BCUT2D eigenvalue weighted by Crippen LogP contribution is 2.15. The normalized spacial score (nSPS) is 12.7. The fourth-order valence-corrected chi connectivity index (χ4v) is 1.31. The van der Waals surface area contributed by atoms with E-state index in [-0.39, 0.29) is 6.04 Å². The van der Waals surface area contributed by atoms with Crippen molar-refractivity contribution in [1.82, 2.24) is 20.6 Å². The number of tetrazole rings is 1. The molecule has 0 saturated heterocycles. The van der Waals surface area contributed by atoms with Gasteiger partial charge in [0.05, 0.1) is 6.04 Å². The van der Waals surface area contributed by atoms with Crippen LogP contribution in [0.2, 0.25) is 0 Å². The Bertz CT molecular complexity index is 409. The molecule has 2 rings (SSSR count). The van der Waals surface area contributed by atoms with Crippen molar-refractivity contribution < 1.29 is 0 Å². The third kappa shape index (κ3) is 1.62. The van der Waals surface area contributed by atoms with E-state index in [0.717, 1.165) is 5.56 Å². The Hall–Kier alpha value is -1.75. The van der Waals surface area contributed by atoms with Crippen molar-refractivity contribution in [1.29, 1.82) is 0 Å². The van der Waals surface area contributed by atoms with Gasteiger partial charge < -0.3 is 5.73 Å². The molecule has 14 heavy (non-hydrogen) atoms. The van der Waals surface area contributed by atoms with Crippen LogP contribution in [-0.2, 0) is 0 Å². The summed E-state index contributed by atoms with van der Waals surface area (Å²) < 4.78 is 0. The predicted molar refractivity (Wildman–Crippen MR) is 51.4 cm³/mol. The SMILES string of the molecule is Cc1cccc(C(N)c2nn[nH]n2)c1. The lowest BCUT2D eigenvalue weighted by atomic mass is 10.1. The van der Waals surface area contributed by atoms with Crippen molar-refractivity contribution in [2.24, 2.45) is 5.73 Å². The summed E-state index contributed by atoms with van der Waals surface area (Å²) >= 11 is 0. The van der Waals surface area contributed by atoms with E-state index < -0.39 is 0 Å². The summed E-state index contributed by atoms with van der Waals surface area (Å²) in [6, 6.07) is 7.64. The van der Waals surface area contributed by atoms with Crippen LogP contribution < -0.4 is 5.73 Å². The zero-order chi connectivity index (χ0) is 9.97. The van der Waals surface area contributed by atoms with E-state index in [1.807, 2.05) is 31.2 Å². The minimum Gasteiger partial charge on any atom is -0.318 e. The van der Waals surface area contributed by atoms with Gasteiger partial charge in [-0.05, 0) is 12.5 Å². The molecule has 0 bridgehead atoms. The topological polar surface area (TPSA) is 80.5 Å². The summed E-state index contributed by atoms with van der Waals surface area (Å²) in [7, 11) is 0. The van der Waals surface area contributed by atoms with E-state index in [2.05, 4.69) is 20.6 Å². The quantitative estimate of drug-likeness (QED) is 0.723. The molecule has 0 aliphatic heterocycles. The minimum atomic E-state index is -0.311. The van der Waals surface area contributed by atoms with Gasteiger partial charge in [-0.2, -0.15) is 5.21 Å². The summed E-state index contributed by atoms with van der Waals surface area (Å²) in [6.45, 7) is 2.02. The Morgan fingerprint density at radius 1 is 1.43 bits per heavy atom. The van der Waals surface area contributed by atoms with Crippen LogP contribution in [0.15, 0.2) is 24.3 Å². The summed E-state index contributed by atoms with van der Waals surface area (Å²) in [5, 5.41) is 13.6. The van der Waals surface area contributed by atoms with E-state index >= 15 is 0 Å². The molecular weight excluding hydrogens is 178 g/mol. The van der Waals surface area contributed by atoms with Gasteiger partial charge in [0.1, 0.15) is 0 Å². The first-order valence-electron chi connectivity index (χ1n) is 4.33. The van der Waals surface area contributed by atoms with E-state index in [1.54, 1.807) is 0 Å². The molecule has 3 N–H and O–H groups in total. The molecule has 5 nitrogen and oxygen atoms in total. The van der Waals surface area contributed by atoms with Gasteiger partial charge in [0.15, 0.2) is 5.82 Å². The highest BCUT2D eigenvalue weighted by molar-refractivity contribution is 5.27. The zero-order valence-electron chi connectivity index (χ0n) is 7.81. The maximum atomic E-state index is 5.94. The second-order valence-electron chi connectivity index (χ2n) is 3.16. The largest absolute Gasteiger partial charge is 0.318 e. The zero-order valence-corrected chi connectivity index (χ0v) is 7.81. The number of nitrogens with zero attached hydrogens (tertiary/aromatic N) is 3. The van der Waals surface area contributed by atoms with Crippen molar-refractivity contribution in [3.63, 3.8) is 0 Å². The third-order valence-corrected chi connectivity index (χ3v) is 2.04. The second kappa shape index (κ2) is 3.55. The first kappa shape index (κ1) is 8.83. The van der Waals surface area contributed by atoms with Gasteiger partial charge in [0, 0.05) is 0 Å². The molecule has 0 amide bonds. The van der Waals surface area contributed by atoms with Crippen LogP contribution in [0, 0.1) is 6.92 Å². The lowest BCUT2D eigenvalue weighted by Crippen LogP contribution is -2.13. The average Bonchev–Trinajstić information content (AvgIpc) is 2.69. The van der Waals surface area contributed by atoms with Crippen LogP contribution in [0.1, 0.15) is 23.0 Å². The molecule has 0 aliphatic carbocycles. The number of hydrogen-bond donors (Lipinski definition) is 2. The highest BCUT2D eigenvalue weighted by Gasteiger charge is 2.12. The molecule has 1 heterocycles. The lowest BCUT2D eigenvalue weighted by Gasteiger charge is -2.07. The number of benzene rings is 1. The van der Waals surface area contributed by atoms with Crippen LogP contribution >= 0.6 is 0 Å². The highest BCUT2D eigenvalue weighted by atomic mass is 15.5. The van der Waals surface area contributed by atoms with Gasteiger partial charge in [-0.25, -0.2) is 0 Å². The number of H-pyrrole nitrogens is 1. The number of nitrogens with two attached hydrogens (primary N) is 1. The molecule has 0 saturated carbocycles. The molecule has 1 aromatic carbocycles. The van der Waals surface area contributed by atoms with Crippen molar-refractivity contribution in [2.75, 3.05) is 0 Å². The van der Waals surface area contributed by atoms with Gasteiger partial charge in [-0.3, -0.25) is 0 Å². The maximum absolute atomic E-state index is 5.94. The molecule has 2 aromatic rings. The number of aromatic nitrogens is 4. The monoisotopic (exact) mass is 189 g/mol. The lowest BCUT2D eigenvalue weighted by molar-refractivity contribution is 0.784. The molecule has 0 aliphatic rings. The van der Waals surface area contributed by atoms with Crippen molar-refractivity contribution in [2.45, 2.75) is 13.0 Å². The Morgan fingerprint density at radius 3 is 2.93 bits per heavy atom. The maximum Gasteiger partial charge on any atom is 0.195 e. The van der Waals surface area contributed by atoms with E-state index in [4.69, 9.17) is 5.73 Å². The number of nitrogens with one attached hydrogen (secondary N) is 1. The summed E-state index contributed by atoms with van der Waals surface area (Å²) in [5.74, 6) is 0.510.